The van der Waals surface area contributed by atoms with Crippen LogP contribution in [0, 0.1) is 45.3 Å². The van der Waals surface area contributed by atoms with E-state index in [9.17, 15) is 15.3 Å². The summed E-state index contributed by atoms with van der Waals surface area (Å²) in [6, 6.07) is 0. The normalized spacial score (nSPS) is 61.7. The summed E-state index contributed by atoms with van der Waals surface area (Å²) in [5.74, 6) is 2.60. The first-order valence-electron chi connectivity index (χ1n) is 9.75. The Hall–Kier alpha value is -0.120. The van der Waals surface area contributed by atoms with Gasteiger partial charge in [-0.1, -0.05) is 20.3 Å². The first-order valence-corrected chi connectivity index (χ1v) is 9.75. The Morgan fingerprint density at radius 3 is 2.30 bits per heavy atom. The van der Waals surface area contributed by atoms with Gasteiger partial charge < -0.3 is 15.3 Å². The minimum Gasteiger partial charge on any atom is -0.396 e. The number of rotatable bonds is 2. The molecule has 0 aliphatic heterocycles. The first kappa shape index (κ1) is 15.2. The number of aliphatic hydroxyl groups excluding tert-OH is 3. The molecule has 6 fully saturated rings. The summed E-state index contributed by atoms with van der Waals surface area (Å²) in [5, 5.41) is 31.4. The minimum absolute atomic E-state index is 0.0182. The molecule has 6 rings (SSSR count). The fourth-order valence-corrected chi connectivity index (χ4v) is 9.15. The van der Waals surface area contributed by atoms with Crippen molar-refractivity contribution in [2.75, 3.05) is 13.2 Å². The summed E-state index contributed by atoms with van der Waals surface area (Å²) in [6.07, 6.45) is 7.67. The Labute approximate surface area is 139 Å². The van der Waals surface area contributed by atoms with E-state index in [1.54, 1.807) is 0 Å². The molecule has 23 heavy (non-hydrogen) atoms. The van der Waals surface area contributed by atoms with Crippen LogP contribution in [0.3, 0.4) is 0 Å². The van der Waals surface area contributed by atoms with Gasteiger partial charge >= 0.3 is 0 Å². The molecule has 6 aliphatic carbocycles. The van der Waals surface area contributed by atoms with Crippen LogP contribution in [0.15, 0.2) is 0 Å². The highest BCUT2D eigenvalue weighted by molar-refractivity contribution is 5.27. The van der Waals surface area contributed by atoms with E-state index in [2.05, 4.69) is 13.8 Å². The number of fused-ring (bicyclic) bond motifs is 1. The topological polar surface area (TPSA) is 60.7 Å². The summed E-state index contributed by atoms with van der Waals surface area (Å²) < 4.78 is 0. The maximum absolute atomic E-state index is 11.2. The highest BCUT2D eigenvalue weighted by Crippen LogP contribution is 2.85. The first-order chi connectivity index (χ1) is 10.9. The molecule has 0 saturated heterocycles. The molecule has 3 nitrogen and oxygen atoms in total. The molecule has 0 aromatic heterocycles. The molecule has 0 aromatic carbocycles. The van der Waals surface area contributed by atoms with E-state index in [0.29, 0.717) is 16.7 Å². The van der Waals surface area contributed by atoms with Crippen LogP contribution in [0.2, 0.25) is 0 Å². The van der Waals surface area contributed by atoms with E-state index in [0.717, 1.165) is 37.5 Å². The van der Waals surface area contributed by atoms with E-state index < -0.39 is 5.41 Å². The van der Waals surface area contributed by atoms with Gasteiger partial charge in [-0.05, 0) is 72.5 Å². The van der Waals surface area contributed by atoms with Crippen molar-refractivity contribution in [3.63, 3.8) is 0 Å². The lowest BCUT2D eigenvalue weighted by Crippen LogP contribution is -2.64. The largest absolute Gasteiger partial charge is 0.396 e. The molecule has 3 N–H and O–H groups in total. The van der Waals surface area contributed by atoms with Crippen LogP contribution in [0.1, 0.15) is 58.8 Å². The van der Waals surface area contributed by atoms with Gasteiger partial charge in [0.05, 0.1) is 19.3 Å². The van der Waals surface area contributed by atoms with Crippen molar-refractivity contribution >= 4 is 0 Å². The maximum atomic E-state index is 11.2. The second kappa shape index (κ2) is 4.16. The lowest BCUT2D eigenvalue weighted by molar-refractivity contribution is -0.229. The predicted octanol–water partition coefficient (Wildman–Crippen LogP) is 2.58. The summed E-state index contributed by atoms with van der Waals surface area (Å²) >= 11 is 0. The summed E-state index contributed by atoms with van der Waals surface area (Å²) in [5.41, 5.74) is 0.559. The molecule has 8 atom stereocenters. The molecule has 1 spiro atoms. The van der Waals surface area contributed by atoms with E-state index >= 15 is 0 Å². The van der Waals surface area contributed by atoms with Crippen LogP contribution in [0.4, 0.5) is 0 Å². The molecular weight excluding hydrogens is 288 g/mol. The Kier molecular flexibility index (Phi) is 2.74. The van der Waals surface area contributed by atoms with Crippen molar-refractivity contribution in [1.29, 1.82) is 0 Å². The monoisotopic (exact) mass is 320 g/mol. The average molecular weight is 320 g/mol. The van der Waals surface area contributed by atoms with Crippen molar-refractivity contribution in [3.05, 3.63) is 0 Å². The zero-order valence-electron chi connectivity index (χ0n) is 14.6. The van der Waals surface area contributed by atoms with Crippen LogP contribution in [0.5, 0.6) is 0 Å². The van der Waals surface area contributed by atoms with Crippen molar-refractivity contribution in [2.45, 2.75) is 64.9 Å². The third-order valence-electron chi connectivity index (χ3n) is 9.85. The van der Waals surface area contributed by atoms with Crippen LogP contribution >= 0.6 is 0 Å². The highest BCUT2D eigenvalue weighted by atomic mass is 16.3. The lowest BCUT2D eigenvalue weighted by Gasteiger charge is -2.67. The SMILES string of the molecule is C[C@@]12CCCC(CO)(CO)[C@H]1[C@H](O)C[C@@]13CC4[C@@H](C[C@H]12)[C@@]4(C)C3. The standard InChI is InChI=1S/C20H32O3/c1-17-4-3-5-19(10-21,11-22)16(17)14(23)8-20-7-13-12(6-15(17)20)18(13,2)9-20/h12-16,21-23H,3-11H2,1-2H3/t12-,13?,14-,15+,16+,17+,18-,20-/m1/s1. The molecule has 4 bridgehead atoms. The highest BCUT2D eigenvalue weighted by Gasteiger charge is 2.79. The van der Waals surface area contributed by atoms with Crippen LogP contribution in [-0.2, 0) is 0 Å². The van der Waals surface area contributed by atoms with Crippen LogP contribution in [0.25, 0.3) is 0 Å². The minimum atomic E-state index is -0.471. The van der Waals surface area contributed by atoms with E-state index in [-0.39, 0.29) is 30.7 Å². The van der Waals surface area contributed by atoms with Gasteiger partial charge in [-0.25, -0.2) is 0 Å². The number of hydrogen-bond donors (Lipinski definition) is 3. The van der Waals surface area contributed by atoms with Gasteiger partial charge in [0.15, 0.2) is 0 Å². The molecule has 0 radical (unpaired) electrons. The molecule has 3 heteroatoms. The molecule has 6 saturated carbocycles. The van der Waals surface area contributed by atoms with Crippen LogP contribution < -0.4 is 0 Å². The van der Waals surface area contributed by atoms with Crippen molar-refractivity contribution in [2.24, 2.45) is 45.3 Å². The van der Waals surface area contributed by atoms with Gasteiger partial charge in [-0.3, -0.25) is 0 Å². The third kappa shape index (κ3) is 1.50. The summed E-state index contributed by atoms with van der Waals surface area (Å²) in [4.78, 5) is 0. The Morgan fingerprint density at radius 2 is 1.70 bits per heavy atom. The second-order valence-electron chi connectivity index (χ2n) is 10.5. The van der Waals surface area contributed by atoms with Crippen molar-refractivity contribution < 1.29 is 15.3 Å². The average Bonchev–Trinajstić information content (AvgIpc) is 2.97. The summed E-state index contributed by atoms with van der Waals surface area (Å²) in [6.45, 7) is 4.92. The summed E-state index contributed by atoms with van der Waals surface area (Å²) in [7, 11) is 0. The molecule has 1 unspecified atom stereocenters. The molecule has 0 amide bonds. The van der Waals surface area contributed by atoms with Crippen LogP contribution in [-0.4, -0.2) is 34.6 Å². The quantitative estimate of drug-likeness (QED) is 0.733. The fraction of sp³-hybridized carbons (Fsp3) is 1.00. The zero-order chi connectivity index (χ0) is 16.3. The fourth-order valence-electron chi connectivity index (χ4n) is 9.15. The van der Waals surface area contributed by atoms with E-state index in [1.807, 2.05) is 0 Å². The van der Waals surface area contributed by atoms with Gasteiger partial charge in [0.1, 0.15) is 0 Å². The van der Waals surface area contributed by atoms with Crippen molar-refractivity contribution in [3.8, 4) is 0 Å². The van der Waals surface area contributed by atoms with Gasteiger partial charge in [0.2, 0.25) is 0 Å². The molecule has 0 aromatic rings. The number of hydrogen-bond acceptors (Lipinski definition) is 3. The molecule has 0 heterocycles. The molecular formula is C20H32O3. The van der Waals surface area contributed by atoms with Gasteiger partial charge in [-0.2, -0.15) is 0 Å². The van der Waals surface area contributed by atoms with Gasteiger partial charge in [0, 0.05) is 11.3 Å². The van der Waals surface area contributed by atoms with Gasteiger partial charge in [0.25, 0.3) is 0 Å². The number of aliphatic hydroxyl groups is 3. The Balaban J connectivity index is 1.59. The third-order valence-corrected chi connectivity index (χ3v) is 9.85. The van der Waals surface area contributed by atoms with Crippen molar-refractivity contribution in [1.82, 2.24) is 0 Å². The Morgan fingerprint density at radius 1 is 0.957 bits per heavy atom. The van der Waals surface area contributed by atoms with E-state index in [4.69, 9.17) is 0 Å². The zero-order valence-corrected chi connectivity index (χ0v) is 14.6. The predicted molar refractivity (Wildman–Crippen MR) is 87.5 cm³/mol. The molecule has 6 aliphatic rings. The lowest BCUT2D eigenvalue weighted by atomic mass is 9.38. The smallest absolute Gasteiger partial charge is 0.0586 e. The second-order valence-corrected chi connectivity index (χ2v) is 10.5. The van der Waals surface area contributed by atoms with Gasteiger partial charge in [-0.15, -0.1) is 0 Å². The van der Waals surface area contributed by atoms with E-state index in [1.165, 1.54) is 19.3 Å². The maximum Gasteiger partial charge on any atom is 0.0586 e. The molecule has 130 valence electrons. The Bertz CT molecular complexity index is 543.